The van der Waals surface area contributed by atoms with Crippen LogP contribution in [0, 0.1) is 0 Å². The van der Waals surface area contributed by atoms with Crippen molar-refractivity contribution in [2.45, 2.75) is 19.4 Å². The Morgan fingerprint density at radius 3 is 1.83 bits per heavy atom. The number of hydrogen-bond acceptors (Lipinski definition) is 6. The summed E-state index contributed by atoms with van der Waals surface area (Å²) < 4.78 is 5.38. The highest BCUT2D eigenvalue weighted by Crippen LogP contribution is 2.20. The molecular formula is C23H30Cl2N6O4. The van der Waals surface area contributed by atoms with E-state index in [9.17, 15) is 14.4 Å². The standard InChI is InChI=1S/C23H28N6O4.2ClH/c1-23(2,21(24)32)29-13-11-28(12-14-29)19(30)15-5-9-18(10-6-15)33-20(31)16-3-7-17(8-4-16)27-22(25)26;;/h3-10H,11-14H2,1-2H3,(H2,24,32)(H4,25,26,27);2*1H. The fraction of sp³-hybridized carbons (Fsp3) is 0.304. The lowest BCUT2D eigenvalue weighted by Crippen LogP contribution is -2.60. The number of nitrogens with two attached hydrogens (primary N) is 3. The number of carbonyl (C=O) groups excluding carboxylic acids is 3. The summed E-state index contributed by atoms with van der Waals surface area (Å²) in [5.74, 6) is -0.815. The number of esters is 1. The van der Waals surface area contributed by atoms with Gasteiger partial charge in [-0.25, -0.2) is 9.79 Å². The van der Waals surface area contributed by atoms with E-state index in [1.54, 1.807) is 67.3 Å². The Hall–Kier alpha value is -3.34. The average molecular weight is 525 g/mol. The molecule has 0 bridgehead atoms. The van der Waals surface area contributed by atoms with E-state index >= 15 is 0 Å². The Morgan fingerprint density at radius 1 is 0.829 bits per heavy atom. The van der Waals surface area contributed by atoms with E-state index in [1.807, 2.05) is 4.90 Å². The molecule has 0 atom stereocenters. The molecule has 1 aliphatic rings. The van der Waals surface area contributed by atoms with Gasteiger partial charge in [0.25, 0.3) is 5.91 Å². The quantitative estimate of drug-likeness (QED) is 0.224. The summed E-state index contributed by atoms with van der Waals surface area (Å²) in [6.07, 6.45) is 0. The lowest BCUT2D eigenvalue weighted by Gasteiger charge is -2.42. The third-order valence-electron chi connectivity index (χ3n) is 5.63. The zero-order valence-electron chi connectivity index (χ0n) is 19.5. The minimum Gasteiger partial charge on any atom is -0.423 e. The number of halogens is 2. The van der Waals surface area contributed by atoms with Crippen LogP contribution in [-0.2, 0) is 4.79 Å². The SMILES string of the molecule is CC(C)(C(N)=O)N1CCN(C(=O)c2ccc(OC(=O)c3ccc(N=C(N)N)cc3)cc2)CC1.Cl.Cl. The average Bonchev–Trinajstić information content (AvgIpc) is 2.79. The van der Waals surface area contributed by atoms with Gasteiger partial charge in [-0.15, -0.1) is 24.8 Å². The maximum atomic E-state index is 12.8. The zero-order chi connectivity index (χ0) is 24.2. The summed E-state index contributed by atoms with van der Waals surface area (Å²) in [6, 6.07) is 12.7. The summed E-state index contributed by atoms with van der Waals surface area (Å²) in [7, 11) is 0. The predicted molar refractivity (Wildman–Crippen MR) is 139 cm³/mol. The number of rotatable bonds is 6. The second kappa shape index (κ2) is 12.4. The van der Waals surface area contributed by atoms with E-state index in [2.05, 4.69) is 4.99 Å². The number of ether oxygens (including phenoxy) is 1. The number of guanidine groups is 1. The van der Waals surface area contributed by atoms with Crippen LogP contribution in [0.1, 0.15) is 34.6 Å². The van der Waals surface area contributed by atoms with E-state index < -0.39 is 17.4 Å². The number of hydrogen-bond donors (Lipinski definition) is 3. The first-order valence-corrected chi connectivity index (χ1v) is 10.4. The van der Waals surface area contributed by atoms with Crippen molar-refractivity contribution in [3.05, 3.63) is 59.7 Å². The number of carbonyl (C=O) groups is 3. The molecule has 2 amide bonds. The molecule has 0 aromatic heterocycles. The number of aliphatic imine (C=N–C) groups is 1. The van der Waals surface area contributed by atoms with Gasteiger partial charge < -0.3 is 26.8 Å². The molecule has 0 spiro atoms. The van der Waals surface area contributed by atoms with Crippen molar-refractivity contribution in [3.63, 3.8) is 0 Å². The highest BCUT2D eigenvalue weighted by Gasteiger charge is 2.35. The van der Waals surface area contributed by atoms with Crippen LogP contribution in [0.4, 0.5) is 5.69 Å². The van der Waals surface area contributed by atoms with Crippen molar-refractivity contribution in [2.75, 3.05) is 26.2 Å². The Balaban J connectivity index is 0.00000306. The van der Waals surface area contributed by atoms with Crippen LogP contribution in [0.2, 0.25) is 0 Å². The van der Waals surface area contributed by atoms with Crippen molar-refractivity contribution in [1.82, 2.24) is 9.80 Å². The maximum absolute atomic E-state index is 12.8. The first-order valence-electron chi connectivity index (χ1n) is 10.4. The van der Waals surface area contributed by atoms with Gasteiger partial charge in [0, 0.05) is 31.7 Å². The number of amides is 2. The lowest BCUT2D eigenvalue weighted by molar-refractivity contribution is -0.129. The van der Waals surface area contributed by atoms with Crippen LogP contribution in [0.25, 0.3) is 0 Å². The van der Waals surface area contributed by atoms with E-state index in [-0.39, 0.29) is 36.7 Å². The molecule has 10 nitrogen and oxygen atoms in total. The van der Waals surface area contributed by atoms with E-state index in [4.69, 9.17) is 21.9 Å². The fourth-order valence-electron chi connectivity index (χ4n) is 3.46. The Morgan fingerprint density at radius 2 is 1.34 bits per heavy atom. The highest BCUT2D eigenvalue weighted by molar-refractivity contribution is 5.95. The van der Waals surface area contributed by atoms with Crippen LogP contribution < -0.4 is 21.9 Å². The summed E-state index contributed by atoms with van der Waals surface area (Å²) in [5, 5.41) is 0. The van der Waals surface area contributed by atoms with Crippen molar-refractivity contribution < 1.29 is 19.1 Å². The molecule has 1 heterocycles. The topological polar surface area (TPSA) is 157 Å². The number of piperazine rings is 1. The molecule has 0 aliphatic carbocycles. The molecule has 2 aromatic carbocycles. The molecule has 1 aliphatic heterocycles. The summed E-state index contributed by atoms with van der Waals surface area (Å²) in [5.41, 5.74) is 16.7. The third-order valence-corrected chi connectivity index (χ3v) is 5.63. The van der Waals surface area contributed by atoms with Gasteiger partial charge in [0.15, 0.2) is 5.96 Å². The van der Waals surface area contributed by atoms with Gasteiger partial charge in [-0.3, -0.25) is 14.5 Å². The second-order valence-corrected chi connectivity index (χ2v) is 8.20. The number of primary amides is 1. The van der Waals surface area contributed by atoms with Gasteiger partial charge >= 0.3 is 5.97 Å². The van der Waals surface area contributed by atoms with Crippen LogP contribution in [0.15, 0.2) is 53.5 Å². The van der Waals surface area contributed by atoms with E-state index in [0.717, 1.165) is 0 Å². The van der Waals surface area contributed by atoms with E-state index in [0.29, 0.717) is 48.7 Å². The molecule has 6 N–H and O–H groups in total. The lowest BCUT2D eigenvalue weighted by atomic mass is 10.0. The van der Waals surface area contributed by atoms with Crippen molar-refractivity contribution >= 4 is 54.2 Å². The van der Waals surface area contributed by atoms with Crippen LogP contribution in [0.5, 0.6) is 5.75 Å². The Bertz CT molecular complexity index is 1060. The molecule has 190 valence electrons. The largest absolute Gasteiger partial charge is 0.423 e. The minimum absolute atomic E-state index is 0. The zero-order valence-corrected chi connectivity index (χ0v) is 21.1. The molecule has 0 radical (unpaired) electrons. The van der Waals surface area contributed by atoms with Gasteiger partial charge in [0.2, 0.25) is 5.91 Å². The Kier molecular flexibility index (Phi) is 10.5. The first kappa shape index (κ1) is 29.7. The van der Waals surface area contributed by atoms with Gasteiger partial charge in [0.1, 0.15) is 5.75 Å². The molecule has 1 fully saturated rings. The van der Waals surface area contributed by atoms with Gasteiger partial charge in [-0.1, -0.05) is 0 Å². The highest BCUT2D eigenvalue weighted by atomic mass is 35.5. The maximum Gasteiger partial charge on any atom is 0.343 e. The number of benzene rings is 2. The molecule has 0 saturated carbocycles. The second-order valence-electron chi connectivity index (χ2n) is 8.20. The molecule has 35 heavy (non-hydrogen) atoms. The summed E-state index contributed by atoms with van der Waals surface area (Å²) >= 11 is 0. The number of nitrogens with zero attached hydrogens (tertiary/aromatic N) is 3. The Labute approximate surface area is 216 Å². The van der Waals surface area contributed by atoms with E-state index in [1.165, 1.54) is 0 Å². The van der Waals surface area contributed by atoms with Crippen LogP contribution in [0.3, 0.4) is 0 Å². The molecule has 0 unspecified atom stereocenters. The molecule has 2 aromatic rings. The molecule has 1 saturated heterocycles. The van der Waals surface area contributed by atoms with Crippen LogP contribution >= 0.6 is 24.8 Å². The van der Waals surface area contributed by atoms with Gasteiger partial charge in [0.05, 0.1) is 16.8 Å². The monoisotopic (exact) mass is 524 g/mol. The third kappa shape index (κ3) is 7.32. The van der Waals surface area contributed by atoms with Crippen LogP contribution in [-0.4, -0.2) is 65.3 Å². The van der Waals surface area contributed by atoms with Crippen molar-refractivity contribution in [2.24, 2.45) is 22.2 Å². The summed E-state index contributed by atoms with van der Waals surface area (Å²) in [4.78, 5) is 44.4. The van der Waals surface area contributed by atoms with Crippen molar-refractivity contribution in [1.29, 1.82) is 0 Å². The molecular weight excluding hydrogens is 495 g/mol. The van der Waals surface area contributed by atoms with Crippen molar-refractivity contribution in [3.8, 4) is 5.75 Å². The predicted octanol–water partition coefficient (Wildman–Crippen LogP) is 1.68. The first-order chi connectivity index (χ1) is 15.6. The normalized spacial score (nSPS) is 13.6. The minimum atomic E-state index is -0.758. The van der Waals surface area contributed by atoms with Gasteiger partial charge in [-0.05, 0) is 62.4 Å². The van der Waals surface area contributed by atoms with Gasteiger partial charge in [-0.2, -0.15) is 0 Å². The summed E-state index contributed by atoms with van der Waals surface area (Å²) in [6.45, 7) is 5.65. The smallest absolute Gasteiger partial charge is 0.343 e. The molecule has 3 rings (SSSR count). The fourth-order valence-corrected chi connectivity index (χ4v) is 3.46. The molecule has 12 heteroatoms.